The zero-order valence-electron chi connectivity index (χ0n) is 23.7. The van der Waals surface area contributed by atoms with Gasteiger partial charge in [-0.15, -0.1) is 0 Å². The van der Waals surface area contributed by atoms with Crippen LogP contribution in [0.3, 0.4) is 0 Å². The SMILES string of the molecule is O=C(O)NC1CCC(n2c(=O)c3cc(F)cnc3n(-c3cc(-c4ccccc4)ccc3CN3CCCOCC3)c2=O)CC1. The molecule has 2 aromatic carbocycles. The van der Waals surface area contributed by atoms with Crippen molar-refractivity contribution in [2.45, 2.75) is 50.7 Å². The highest BCUT2D eigenvalue weighted by molar-refractivity contribution is 5.77. The van der Waals surface area contributed by atoms with Crippen molar-refractivity contribution in [3.8, 4) is 16.8 Å². The average Bonchev–Trinajstić information content (AvgIpc) is 3.28. The lowest BCUT2D eigenvalue weighted by Crippen LogP contribution is -2.45. The van der Waals surface area contributed by atoms with E-state index in [1.165, 1.54) is 9.13 Å². The number of benzene rings is 2. The molecule has 11 heteroatoms. The number of hydrogen-bond acceptors (Lipinski definition) is 6. The number of halogens is 1. The first-order chi connectivity index (χ1) is 20.9. The lowest BCUT2D eigenvalue weighted by molar-refractivity contribution is 0.140. The fraction of sp³-hybridized carbons (Fsp3) is 0.375. The maximum Gasteiger partial charge on any atom is 0.404 e. The molecule has 4 aromatic rings. The van der Waals surface area contributed by atoms with Crippen molar-refractivity contribution >= 4 is 17.1 Å². The second-order valence-corrected chi connectivity index (χ2v) is 11.2. The number of nitrogens with one attached hydrogen (secondary N) is 1. The number of ether oxygens (including phenoxy) is 1. The van der Waals surface area contributed by atoms with Crippen molar-refractivity contribution in [1.82, 2.24) is 24.3 Å². The molecule has 0 spiro atoms. The fourth-order valence-corrected chi connectivity index (χ4v) is 6.29. The molecule has 1 amide bonds. The van der Waals surface area contributed by atoms with Crippen LogP contribution in [0.15, 0.2) is 70.4 Å². The van der Waals surface area contributed by atoms with Crippen LogP contribution >= 0.6 is 0 Å². The van der Waals surface area contributed by atoms with Crippen LogP contribution in [0.5, 0.6) is 0 Å². The van der Waals surface area contributed by atoms with Crippen LogP contribution in [0.25, 0.3) is 27.8 Å². The van der Waals surface area contributed by atoms with Gasteiger partial charge in [0, 0.05) is 38.3 Å². The van der Waals surface area contributed by atoms with E-state index < -0.39 is 29.2 Å². The Bertz CT molecular complexity index is 1740. The Balaban J connectivity index is 1.53. The minimum Gasteiger partial charge on any atom is -0.465 e. The molecule has 0 radical (unpaired) electrons. The van der Waals surface area contributed by atoms with Crippen LogP contribution in [0.1, 0.15) is 43.7 Å². The van der Waals surface area contributed by atoms with E-state index in [2.05, 4.69) is 15.2 Å². The Morgan fingerprint density at radius 2 is 1.79 bits per heavy atom. The predicted molar refractivity (Wildman–Crippen MR) is 160 cm³/mol. The minimum absolute atomic E-state index is 0.0182. The third kappa shape index (κ3) is 6.09. The first-order valence-corrected chi connectivity index (χ1v) is 14.7. The molecule has 2 N–H and O–H groups in total. The molecular weight excluding hydrogens is 553 g/mol. The lowest BCUT2D eigenvalue weighted by Gasteiger charge is -2.30. The van der Waals surface area contributed by atoms with E-state index >= 15 is 0 Å². The van der Waals surface area contributed by atoms with Gasteiger partial charge in [-0.25, -0.2) is 23.5 Å². The predicted octanol–water partition coefficient (Wildman–Crippen LogP) is 4.33. The normalized spacial score (nSPS) is 19.7. The standard InChI is InChI=1S/C32H34FN5O5/c33-24-18-27-29(34-19-24)38(32(42)37(30(27)39)26-11-9-25(10-12-26)35-31(40)41)28-17-22(21-5-2-1-3-6-21)7-8-23(28)20-36-13-4-15-43-16-14-36/h1-3,5-8,17-19,25-26,35H,4,9-16,20H2,(H,40,41). The highest BCUT2D eigenvalue weighted by atomic mass is 19.1. The average molecular weight is 588 g/mol. The maximum atomic E-state index is 14.5. The molecule has 6 rings (SSSR count). The molecule has 1 aliphatic carbocycles. The van der Waals surface area contributed by atoms with Crippen LogP contribution in [0.4, 0.5) is 9.18 Å². The van der Waals surface area contributed by atoms with Crippen LogP contribution in [0.2, 0.25) is 0 Å². The Labute approximate surface area is 247 Å². The Morgan fingerprint density at radius 1 is 1.00 bits per heavy atom. The number of carbonyl (C=O) groups is 1. The van der Waals surface area contributed by atoms with Gasteiger partial charge in [0.25, 0.3) is 5.56 Å². The fourth-order valence-electron chi connectivity index (χ4n) is 6.29. The van der Waals surface area contributed by atoms with E-state index in [0.29, 0.717) is 51.1 Å². The molecule has 1 saturated heterocycles. The van der Waals surface area contributed by atoms with E-state index in [9.17, 15) is 18.8 Å². The monoisotopic (exact) mass is 587 g/mol. The molecule has 2 aromatic heterocycles. The van der Waals surface area contributed by atoms with Crippen LogP contribution < -0.4 is 16.6 Å². The first kappa shape index (κ1) is 28.8. The van der Waals surface area contributed by atoms with Gasteiger partial charge < -0.3 is 15.2 Å². The number of pyridine rings is 1. The van der Waals surface area contributed by atoms with Crippen molar-refractivity contribution in [3.63, 3.8) is 0 Å². The largest absolute Gasteiger partial charge is 0.465 e. The topological polar surface area (TPSA) is 119 Å². The molecule has 2 fully saturated rings. The Morgan fingerprint density at radius 3 is 2.56 bits per heavy atom. The smallest absolute Gasteiger partial charge is 0.404 e. The number of hydrogen-bond donors (Lipinski definition) is 2. The van der Waals surface area contributed by atoms with Crippen LogP contribution in [-0.4, -0.2) is 62.6 Å². The summed E-state index contributed by atoms with van der Waals surface area (Å²) in [5, 5.41) is 11.7. The van der Waals surface area contributed by atoms with E-state index in [-0.39, 0.29) is 17.1 Å². The number of rotatable bonds is 6. The number of aromatic nitrogens is 3. The highest BCUT2D eigenvalue weighted by Gasteiger charge is 2.28. The van der Waals surface area contributed by atoms with E-state index in [0.717, 1.165) is 48.5 Å². The third-order valence-electron chi connectivity index (χ3n) is 8.42. The van der Waals surface area contributed by atoms with E-state index in [1.807, 2.05) is 48.5 Å². The zero-order valence-corrected chi connectivity index (χ0v) is 23.7. The molecule has 224 valence electrons. The van der Waals surface area contributed by atoms with Crippen LogP contribution in [0, 0.1) is 5.82 Å². The second kappa shape index (κ2) is 12.5. The summed E-state index contributed by atoms with van der Waals surface area (Å²) in [5.74, 6) is -0.668. The van der Waals surface area contributed by atoms with Gasteiger partial charge in [-0.1, -0.05) is 42.5 Å². The van der Waals surface area contributed by atoms with Crippen molar-refractivity contribution in [3.05, 3.63) is 93.0 Å². The number of carboxylic acid groups (broad SMARTS) is 1. The molecule has 0 atom stereocenters. The summed E-state index contributed by atoms with van der Waals surface area (Å²) in [4.78, 5) is 45.9. The van der Waals surface area contributed by atoms with Crippen molar-refractivity contribution in [2.24, 2.45) is 0 Å². The molecule has 3 heterocycles. The third-order valence-corrected chi connectivity index (χ3v) is 8.42. The number of fused-ring (bicyclic) bond motifs is 1. The lowest BCUT2D eigenvalue weighted by atomic mass is 9.91. The number of nitrogens with zero attached hydrogens (tertiary/aromatic N) is 4. The minimum atomic E-state index is -1.10. The highest BCUT2D eigenvalue weighted by Crippen LogP contribution is 2.30. The summed E-state index contributed by atoms with van der Waals surface area (Å²) in [6.07, 6.45) is 2.64. The summed E-state index contributed by atoms with van der Waals surface area (Å²) in [5.41, 5.74) is 2.26. The molecule has 2 aliphatic rings. The maximum absolute atomic E-state index is 14.5. The Kier molecular flexibility index (Phi) is 8.35. The van der Waals surface area contributed by atoms with Gasteiger partial charge in [-0.2, -0.15) is 0 Å². The summed E-state index contributed by atoms with van der Waals surface area (Å²) < 4.78 is 22.9. The molecule has 10 nitrogen and oxygen atoms in total. The van der Waals surface area contributed by atoms with Crippen molar-refractivity contribution in [2.75, 3.05) is 26.3 Å². The van der Waals surface area contributed by atoms with Gasteiger partial charge in [-0.3, -0.25) is 14.3 Å². The summed E-state index contributed by atoms with van der Waals surface area (Å²) in [7, 11) is 0. The molecule has 1 aliphatic heterocycles. The van der Waals surface area contributed by atoms with Gasteiger partial charge >= 0.3 is 11.8 Å². The molecule has 43 heavy (non-hydrogen) atoms. The van der Waals surface area contributed by atoms with Gasteiger partial charge in [0.1, 0.15) is 5.82 Å². The first-order valence-electron chi connectivity index (χ1n) is 14.7. The van der Waals surface area contributed by atoms with E-state index in [1.54, 1.807) is 0 Å². The zero-order chi connectivity index (χ0) is 29.9. The van der Waals surface area contributed by atoms with Gasteiger partial charge in [-0.05, 0) is 60.9 Å². The Hall–Kier alpha value is -4.35. The molecule has 0 bridgehead atoms. The van der Waals surface area contributed by atoms with Crippen molar-refractivity contribution in [1.29, 1.82) is 0 Å². The van der Waals surface area contributed by atoms with Crippen molar-refractivity contribution < 1.29 is 19.0 Å². The van der Waals surface area contributed by atoms with Crippen LogP contribution in [-0.2, 0) is 11.3 Å². The van der Waals surface area contributed by atoms with Gasteiger partial charge in [0.2, 0.25) is 0 Å². The molecule has 1 saturated carbocycles. The summed E-state index contributed by atoms with van der Waals surface area (Å²) in [6, 6.07) is 16.2. The van der Waals surface area contributed by atoms with Gasteiger partial charge in [0.15, 0.2) is 5.65 Å². The molecule has 0 unspecified atom stereocenters. The summed E-state index contributed by atoms with van der Waals surface area (Å²) in [6.45, 7) is 3.45. The number of amides is 1. The summed E-state index contributed by atoms with van der Waals surface area (Å²) >= 11 is 0. The second-order valence-electron chi connectivity index (χ2n) is 11.2. The molecular formula is C32H34FN5O5. The van der Waals surface area contributed by atoms with Gasteiger partial charge in [0.05, 0.1) is 23.9 Å². The van der Waals surface area contributed by atoms with E-state index in [4.69, 9.17) is 9.84 Å². The quantitative estimate of drug-likeness (QED) is 0.345.